The number of primary amides is 1. The fraction of sp³-hybridized carbons (Fsp3) is 0.100. The molecule has 0 radical (unpaired) electrons. The Morgan fingerprint density at radius 3 is 2.88 bits per heavy atom. The van der Waals surface area contributed by atoms with Crippen LogP contribution in [0.1, 0.15) is 21.4 Å². The van der Waals surface area contributed by atoms with Crippen LogP contribution in [0.4, 0.5) is 0 Å². The van der Waals surface area contributed by atoms with Gasteiger partial charge >= 0.3 is 0 Å². The van der Waals surface area contributed by atoms with Crippen LogP contribution in [0.3, 0.4) is 0 Å². The van der Waals surface area contributed by atoms with E-state index in [1.807, 2.05) is 5.41 Å². The molecule has 2 unspecified atom stereocenters. The number of benzene rings is 1. The Kier molecular flexibility index (Phi) is 3.42. The second-order valence-electron chi connectivity index (χ2n) is 3.12. The summed E-state index contributed by atoms with van der Waals surface area (Å²) in [6, 6.07) is 6.85. The first kappa shape index (κ1) is 11.4. The molecule has 2 rings (SSSR count). The number of hydrogen-bond donors (Lipinski definition) is 3. The van der Waals surface area contributed by atoms with E-state index in [1.54, 1.807) is 30.5 Å². The van der Waals surface area contributed by atoms with Gasteiger partial charge in [-0.2, -0.15) is 4.72 Å². The van der Waals surface area contributed by atoms with Crippen molar-refractivity contribution in [2.75, 3.05) is 0 Å². The molecule has 1 aliphatic heterocycles. The largest absolute Gasteiger partial charge is 0.366 e. The van der Waals surface area contributed by atoms with Gasteiger partial charge in [0.05, 0.1) is 11.8 Å². The zero-order chi connectivity index (χ0) is 11.5. The van der Waals surface area contributed by atoms with Crippen LogP contribution >= 0.6 is 10.8 Å². The second kappa shape index (κ2) is 4.82. The van der Waals surface area contributed by atoms with Gasteiger partial charge in [-0.3, -0.25) is 4.79 Å². The zero-order valence-electron chi connectivity index (χ0n) is 8.29. The van der Waals surface area contributed by atoms with E-state index in [4.69, 9.17) is 5.73 Å². The SMILES string of the molecule is NC(=O)c1ccccc1C(O)[S+]1NC=CS1. The summed E-state index contributed by atoms with van der Waals surface area (Å²) in [5, 5.41) is 12.0. The van der Waals surface area contributed by atoms with Crippen molar-refractivity contribution in [1.29, 1.82) is 0 Å². The van der Waals surface area contributed by atoms with Gasteiger partial charge in [-0.15, -0.1) is 0 Å². The van der Waals surface area contributed by atoms with E-state index in [2.05, 4.69) is 4.72 Å². The smallest absolute Gasteiger partial charge is 0.280 e. The molecule has 84 valence electrons. The highest BCUT2D eigenvalue weighted by Gasteiger charge is 2.36. The molecule has 16 heavy (non-hydrogen) atoms. The number of aliphatic hydroxyl groups excluding tert-OH is 1. The summed E-state index contributed by atoms with van der Waals surface area (Å²) < 4.78 is 3.03. The van der Waals surface area contributed by atoms with Crippen molar-refractivity contribution < 1.29 is 9.90 Å². The summed E-state index contributed by atoms with van der Waals surface area (Å²) in [5.74, 6) is -0.518. The van der Waals surface area contributed by atoms with Gasteiger partial charge in [-0.25, -0.2) is 0 Å². The maximum absolute atomic E-state index is 11.2. The fourth-order valence-electron chi connectivity index (χ4n) is 1.38. The molecule has 0 spiro atoms. The minimum atomic E-state index is -0.733. The Bertz CT molecular complexity index is 429. The van der Waals surface area contributed by atoms with E-state index in [1.165, 1.54) is 10.8 Å². The van der Waals surface area contributed by atoms with Crippen LogP contribution in [0.15, 0.2) is 35.9 Å². The van der Waals surface area contributed by atoms with Crippen molar-refractivity contribution in [1.82, 2.24) is 4.72 Å². The highest BCUT2D eigenvalue weighted by molar-refractivity contribution is 8.75. The molecular weight excluding hydrogens is 244 g/mol. The molecule has 0 saturated carbocycles. The quantitative estimate of drug-likeness (QED) is 0.557. The molecule has 0 aromatic heterocycles. The summed E-state index contributed by atoms with van der Waals surface area (Å²) in [7, 11) is 1.05. The van der Waals surface area contributed by atoms with Crippen molar-refractivity contribution in [2.45, 2.75) is 5.44 Å². The highest BCUT2D eigenvalue weighted by atomic mass is 33.1. The molecule has 1 aromatic carbocycles. The first-order chi connectivity index (χ1) is 7.70. The molecule has 4 nitrogen and oxygen atoms in total. The average molecular weight is 255 g/mol. The van der Waals surface area contributed by atoms with E-state index in [0.29, 0.717) is 11.1 Å². The van der Waals surface area contributed by atoms with Crippen molar-refractivity contribution in [3.63, 3.8) is 0 Å². The van der Waals surface area contributed by atoms with Crippen LogP contribution in [0.25, 0.3) is 0 Å². The molecule has 1 amide bonds. The van der Waals surface area contributed by atoms with Gasteiger partial charge in [0.2, 0.25) is 16.0 Å². The molecule has 0 aliphatic carbocycles. The van der Waals surface area contributed by atoms with E-state index in [0.717, 1.165) is 0 Å². The molecule has 1 heterocycles. The fourth-order valence-corrected chi connectivity index (χ4v) is 4.12. The van der Waals surface area contributed by atoms with E-state index in [-0.39, 0.29) is 0 Å². The number of carbonyl (C=O) groups is 1. The average Bonchev–Trinajstić information content (AvgIpc) is 2.81. The van der Waals surface area contributed by atoms with Gasteiger partial charge in [0.25, 0.3) is 5.44 Å². The minimum Gasteiger partial charge on any atom is -0.366 e. The van der Waals surface area contributed by atoms with Crippen molar-refractivity contribution in [3.05, 3.63) is 47.0 Å². The van der Waals surface area contributed by atoms with Crippen LogP contribution < -0.4 is 10.5 Å². The van der Waals surface area contributed by atoms with Crippen LogP contribution in [0.5, 0.6) is 0 Å². The normalized spacial score (nSPS) is 20.4. The monoisotopic (exact) mass is 255 g/mol. The lowest BCUT2D eigenvalue weighted by molar-refractivity contribution is 0.0997. The van der Waals surface area contributed by atoms with E-state index in [9.17, 15) is 9.90 Å². The molecule has 0 saturated heterocycles. The van der Waals surface area contributed by atoms with Gasteiger partial charge in [0.1, 0.15) is 0 Å². The van der Waals surface area contributed by atoms with Crippen LogP contribution in [-0.4, -0.2) is 11.0 Å². The Morgan fingerprint density at radius 2 is 2.25 bits per heavy atom. The summed E-state index contributed by atoms with van der Waals surface area (Å²) in [4.78, 5) is 11.2. The first-order valence-corrected chi connectivity index (χ1v) is 7.27. The Balaban J connectivity index is 2.28. The maximum atomic E-state index is 11.2. The molecular formula is C10H11N2O2S2+. The second-order valence-corrected chi connectivity index (χ2v) is 6.51. The Morgan fingerprint density at radius 1 is 1.50 bits per heavy atom. The first-order valence-electron chi connectivity index (χ1n) is 4.58. The highest BCUT2D eigenvalue weighted by Crippen LogP contribution is 2.34. The Labute approximate surface area is 99.8 Å². The third-order valence-corrected chi connectivity index (χ3v) is 5.38. The summed E-state index contributed by atoms with van der Waals surface area (Å²) >= 11 is 0. The third-order valence-electron chi connectivity index (χ3n) is 2.11. The molecule has 6 heteroatoms. The van der Waals surface area contributed by atoms with Gasteiger partial charge in [0, 0.05) is 11.0 Å². The summed E-state index contributed by atoms with van der Waals surface area (Å²) in [6.07, 6.45) is 1.78. The lowest BCUT2D eigenvalue weighted by Crippen LogP contribution is -2.22. The number of rotatable bonds is 3. The van der Waals surface area contributed by atoms with Crippen molar-refractivity contribution in [3.8, 4) is 0 Å². The molecule has 4 N–H and O–H groups in total. The molecule has 0 bridgehead atoms. The number of hydrogen-bond acceptors (Lipinski definition) is 4. The summed E-state index contributed by atoms with van der Waals surface area (Å²) in [5.41, 5.74) is 5.47. The van der Waals surface area contributed by atoms with Crippen molar-refractivity contribution >= 4 is 26.8 Å². The predicted molar refractivity (Wildman–Crippen MR) is 67.2 cm³/mol. The molecule has 1 aliphatic rings. The van der Waals surface area contributed by atoms with Crippen LogP contribution in [0.2, 0.25) is 0 Å². The third kappa shape index (κ3) is 2.18. The molecule has 1 aromatic rings. The van der Waals surface area contributed by atoms with Gasteiger partial charge in [-0.05, 0) is 6.07 Å². The number of nitrogens with two attached hydrogens (primary N) is 1. The number of aliphatic hydroxyl groups is 1. The molecule has 2 atom stereocenters. The zero-order valence-corrected chi connectivity index (χ0v) is 9.92. The van der Waals surface area contributed by atoms with Crippen molar-refractivity contribution in [2.24, 2.45) is 5.73 Å². The van der Waals surface area contributed by atoms with Gasteiger partial charge < -0.3 is 10.8 Å². The lowest BCUT2D eigenvalue weighted by Gasteiger charge is -2.10. The van der Waals surface area contributed by atoms with E-state index < -0.39 is 21.5 Å². The number of amides is 1. The summed E-state index contributed by atoms with van der Waals surface area (Å²) in [6.45, 7) is 0. The Hall–Kier alpha value is -1.11. The van der Waals surface area contributed by atoms with E-state index >= 15 is 0 Å². The van der Waals surface area contributed by atoms with Crippen LogP contribution in [-0.2, 0) is 10.1 Å². The molecule has 0 fully saturated rings. The predicted octanol–water partition coefficient (Wildman–Crippen LogP) is 1.03. The number of carbonyl (C=O) groups excluding carboxylic acids is 1. The standard InChI is InChI=1S/C10H10N2O2S2/c11-9(13)7-3-1-2-4-8(7)10(14)16-12-5-6-15-16/h1-6,10,12,14H,(H-,11,13)/p+1. The van der Waals surface area contributed by atoms with Crippen LogP contribution in [0, 0.1) is 0 Å². The lowest BCUT2D eigenvalue weighted by atomic mass is 10.1. The number of nitrogens with one attached hydrogen (secondary N) is 1. The van der Waals surface area contributed by atoms with Gasteiger partial charge in [-0.1, -0.05) is 18.2 Å². The minimum absolute atomic E-state index is 0.372. The maximum Gasteiger partial charge on any atom is 0.280 e. The van der Waals surface area contributed by atoms with Gasteiger partial charge in [0.15, 0.2) is 10.8 Å². The topological polar surface area (TPSA) is 75.4 Å².